The number of benzene rings is 1. The summed E-state index contributed by atoms with van der Waals surface area (Å²) < 4.78 is 33.0. The van der Waals surface area contributed by atoms with E-state index in [1.165, 1.54) is 12.1 Å². The molecule has 0 unspecified atom stereocenters. The molecule has 2 rings (SSSR count). The number of morpholine rings is 1. The van der Waals surface area contributed by atoms with Crippen LogP contribution in [-0.4, -0.2) is 52.2 Å². The third kappa shape index (κ3) is 5.72. The predicted molar refractivity (Wildman–Crippen MR) is 92.3 cm³/mol. The maximum absolute atomic E-state index is 12.4. The number of halogens is 1. The van der Waals surface area contributed by atoms with Gasteiger partial charge < -0.3 is 4.74 Å². The Labute approximate surface area is 144 Å². The molecule has 1 saturated heterocycles. The van der Waals surface area contributed by atoms with E-state index in [1.807, 2.05) is 0 Å². The summed E-state index contributed by atoms with van der Waals surface area (Å²) in [6, 6.07) is 6.40. The summed E-state index contributed by atoms with van der Waals surface area (Å²) in [6.45, 7) is 7.82. The van der Waals surface area contributed by atoms with Gasteiger partial charge in [-0.15, -0.1) is 0 Å². The number of hydrogen-bond acceptors (Lipinski definition) is 4. The molecule has 1 fully saturated rings. The minimum Gasteiger partial charge on any atom is -0.379 e. The first kappa shape index (κ1) is 18.7. The Balaban J connectivity index is 2.02. The molecule has 0 aliphatic carbocycles. The zero-order valence-electron chi connectivity index (χ0n) is 13.7. The quantitative estimate of drug-likeness (QED) is 0.811. The van der Waals surface area contributed by atoms with Crippen LogP contribution in [0.5, 0.6) is 0 Å². The normalized spacial score (nSPS) is 18.3. The van der Waals surface area contributed by atoms with Crippen molar-refractivity contribution < 1.29 is 13.2 Å². The van der Waals surface area contributed by atoms with Gasteiger partial charge in [-0.1, -0.05) is 25.4 Å². The van der Waals surface area contributed by atoms with Crippen molar-refractivity contribution in [1.29, 1.82) is 0 Å². The molecule has 0 aromatic heterocycles. The summed E-state index contributed by atoms with van der Waals surface area (Å²) in [5.74, 6) is 0.503. The van der Waals surface area contributed by atoms with Crippen LogP contribution in [0.4, 0.5) is 0 Å². The van der Waals surface area contributed by atoms with Gasteiger partial charge >= 0.3 is 0 Å². The molecule has 5 nitrogen and oxygen atoms in total. The van der Waals surface area contributed by atoms with Crippen LogP contribution in [0.3, 0.4) is 0 Å². The second kappa shape index (κ2) is 8.44. The second-order valence-corrected chi connectivity index (χ2v) is 8.44. The molecular weight excluding hydrogens is 336 g/mol. The molecule has 0 bridgehead atoms. The number of ether oxygens (including phenoxy) is 1. The van der Waals surface area contributed by atoms with E-state index in [2.05, 4.69) is 23.5 Å². The number of sulfonamides is 1. The van der Waals surface area contributed by atoms with Crippen LogP contribution >= 0.6 is 11.6 Å². The lowest BCUT2D eigenvalue weighted by atomic mass is 10.0. The number of nitrogens with one attached hydrogen (secondary N) is 1. The van der Waals surface area contributed by atoms with E-state index in [9.17, 15) is 8.42 Å². The molecule has 23 heavy (non-hydrogen) atoms. The van der Waals surface area contributed by atoms with E-state index in [4.69, 9.17) is 16.3 Å². The molecule has 0 spiro atoms. The third-order valence-electron chi connectivity index (χ3n) is 3.94. The minimum absolute atomic E-state index is 0.181. The van der Waals surface area contributed by atoms with Crippen LogP contribution in [-0.2, 0) is 14.8 Å². The Morgan fingerprint density at radius 1 is 1.22 bits per heavy atom. The SMILES string of the molecule is CC(C)C[C@@H](CNS(=O)(=O)c1ccc(Cl)cc1)N1CCOCC1. The Hall–Kier alpha value is -0.660. The molecule has 1 aromatic carbocycles. The maximum Gasteiger partial charge on any atom is 0.240 e. The topological polar surface area (TPSA) is 58.6 Å². The molecule has 1 heterocycles. The number of nitrogens with zero attached hydrogens (tertiary/aromatic N) is 1. The lowest BCUT2D eigenvalue weighted by Crippen LogP contribution is -2.49. The number of hydrogen-bond donors (Lipinski definition) is 1. The fourth-order valence-corrected chi connectivity index (χ4v) is 3.95. The first-order valence-corrected chi connectivity index (χ1v) is 9.81. The van der Waals surface area contributed by atoms with Gasteiger partial charge in [-0.25, -0.2) is 13.1 Å². The Kier molecular flexibility index (Phi) is 6.85. The van der Waals surface area contributed by atoms with Gasteiger partial charge in [0.25, 0.3) is 0 Å². The van der Waals surface area contributed by atoms with Crippen molar-refractivity contribution in [3.8, 4) is 0 Å². The van der Waals surface area contributed by atoms with E-state index >= 15 is 0 Å². The molecule has 1 aromatic rings. The first-order valence-electron chi connectivity index (χ1n) is 7.95. The van der Waals surface area contributed by atoms with E-state index in [1.54, 1.807) is 12.1 Å². The van der Waals surface area contributed by atoms with Crippen molar-refractivity contribution in [2.75, 3.05) is 32.8 Å². The third-order valence-corrected chi connectivity index (χ3v) is 5.63. The van der Waals surface area contributed by atoms with Gasteiger partial charge in [0.05, 0.1) is 18.1 Å². The van der Waals surface area contributed by atoms with Crippen LogP contribution in [0.15, 0.2) is 29.2 Å². The van der Waals surface area contributed by atoms with E-state index < -0.39 is 10.0 Å². The van der Waals surface area contributed by atoms with E-state index in [-0.39, 0.29) is 10.9 Å². The Morgan fingerprint density at radius 3 is 2.39 bits per heavy atom. The van der Waals surface area contributed by atoms with Crippen LogP contribution in [0.25, 0.3) is 0 Å². The maximum atomic E-state index is 12.4. The van der Waals surface area contributed by atoms with E-state index in [0.717, 1.165) is 19.5 Å². The van der Waals surface area contributed by atoms with Crippen molar-refractivity contribution in [2.24, 2.45) is 5.92 Å². The molecule has 0 amide bonds. The summed E-state index contributed by atoms with van der Waals surface area (Å²) in [4.78, 5) is 2.56. The summed E-state index contributed by atoms with van der Waals surface area (Å²) in [5.41, 5.74) is 0. The summed E-state index contributed by atoms with van der Waals surface area (Å²) in [6.07, 6.45) is 0.948. The van der Waals surface area contributed by atoms with Gasteiger partial charge in [0.15, 0.2) is 0 Å². The van der Waals surface area contributed by atoms with Crippen molar-refractivity contribution in [3.05, 3.63) is 29.3 Å². The Bertz CT molecular complexity index is 584. The van der Waals surface area contributed by atoms with Gasteiger partial charge in [0, 0.05) is 30.7 Å². The van der Waals surface area contributed by atoms with Gasteiger partial charge in [0.1, 0.15) is 0 Å². The molecule has 1 atom stereocenters. The molecule has 130 valence electrons. The van der Waals surface area contributed by atoms with Crippen LogP contribution in [0, 0.1) is 5.92 Å². The van der Waals surface area contributed by atoms with Crippen molar-refractivity contribution >= 4 is 21.6 Å². The molecule has 1 N–H and O–H groups in total. The van der Waals surface area contributed by atoms with E-state index in [0.29, 0.717) is 30.7 Å². The average Bonchev–Trinajstić information content (AvgIpc) is 2.52. The Morgan fingerprint density at radius 2 is 1.83 bits per heavy atom. The average molecular weight is 361 g/mol. The summed E-state index contributed by atoms with van der Waals surface area (Å²) in [7, 11) is -3.51. The monoisotopic (exact) mass is 360 g/mol. The molecular formula is C16H25ClN2O3S. The predicted octanol–water partition coefficient (Wildman–Crippen LogP) is 2.37. The lowest BCUT2D eigenvalue weighted by molar-refractivity contribution is 0.0134. The van der Waals surface area contributed by atoms with Crippen molar-refractivity contribution in [2.45, 2.75) is 31.2 Å². The van der Waals surface area contributed by atoms with Crippen LogP contribution in [0.1, 0.15) is 20.3 Å². The highest BCUT2D eigenvalue weighted by Crippen LogP contribution is 2.16. The fraction of sp³-hybridized carbons (Fsp3) is 0.625. The largest absolute Gasteiger partial charge is 0.379 e. The van der Waals surface area contributed by atoms with Crippen molar-refractivity contribution in [3.63, 3.8) is 0 Å². The summed E-state index contributed by atoms with van der Waals surface area (Å²) >= 11 is 5.81. The van der Waals surface area contributed by atoms with Crippen molar-refractivity contribution in [1.82, 2.24) is 9.62 Å². The zero-order valence-corrected chi connectivity index (χ0v) is 15.2. The highest BCUT2D eigenvalue weighted by Gasteiger charge is 2.24. The molecule has 7 heteroatoms. The fourth-order valence-electron chi connectivity index (χ4n) is 2.75. The van der Waals surface area contributed by atoms with Gasteiger partial charge in [-0.3, -0.25) is 4.90 Å². The summed E-state index contributed by atoms with van der Waals surface area (Å²) in [5, 5.41) is 0.523. The second-order valence-electron chi connectivity index (χ2n) is 6.24. The molecule has 0 radical (unpaired) electrons. The minimum atomic E-state index is -3.51. The van der Waals surface area contributed by atoms with Gasteiger partial charge in [0.2, 0.25) is 10.0 Å². The highest BCUT2D eigenvalue weighted by molar-refractivity contribution is 7.89. The highest BCUT2D eigenvalue weighted by atomic mass is 35.5. The lowest BCUT2D eigenvalue weighted by Gasteiger charge is -2.35. The standard InChI is InChI=1S/C16H25ClN2O3S/c1-13(2)11-15(19-7-9-22-10-8-19)12-18-23(20,21)16-5-3-14(17)4-6-16/h3-6,13,15,18H,7-12H2,1-2H3/t15-/m0/s1. The van der Waals surface area contributed by atoms with Gasteiger partial charge in [-0.2, -0.15) is 0 Å². The first-order chi connectivity index (χ1) is 10.9. The zero-order chi connectivity index (χ0) is 16.9. The molecule has 1 aliphatic heterocycles. The van der Waals surface area contributed by atoms with Crippen LogP contribution < -0.4 is 4.72 Å². The van der Waals surface area contributed by atoms with Crippen LogP contribution in [0.2, 0.25) is 5.02 Å². The smallest absolute Gasteiger partial charge is 0.240 e. The molecule has 1 aliphatic rings. The number of rotatable bonds is 7. The molecule has 0 saturated carbocycles. The van der Waals surface area contributed by atoms with Gasteiger partial charge in [-0.05, 0) is 36.6 Å².